The predicted molar refractivity (Wildman–Crippen MR) is 74.5 cm³/mol. The van der Waals surface area contributed by atoms with E-state index in [2.05, 4.69) is 20.3 Å². The van der Waals surface area contributed by atoms with Gasteiger partial charge in [-0.15, -0.1) is 0 Å². The van der Waals surface area contributed by atoms with E-state index in [4.69, 9.17) is 0 Å². The summed E-state index contributed by atoms with van der Waals surface area (Å²) in [4.78, 5) is 0. The van der Waals surface area contributed by atoms with E-state index >= 15 is 0 Å². The Balaban J connectivity index is 3.17. The largest absolute Gasteiger partial charge is 0.591 e. The van der Waals surface area contributed by atoms with E-state index in [1.807, 2.05) is 0 Å². The van der Waals surface area contributed by atoms with Gasteiger partial charge < -0.3 is 4.55 Å². The molecule has 0 radical (unpaired) electrons. The van der Waals surface area contributed by atoms with E-state index in [0.29, 0.717) is 4.47 Å². The fourth-order valence-electron chi connectivity index (χ4n) is 1.10. The average molecular weight is 338 g/mol. The Morgan fingerprint density at radius 2 is 2.06 bits per heavy atom. The Labute approximate surface area is 117 Å². The standard InChI is InChI=1S/C12H14BrF2NOS/c1-12(2,3)18(17)16-11(7-14)9-6-8(13)4-5-10(9)15/h4-6H,7H2,1-3H3/b16-11+. The number of nitrogens with zero attached hydrogens (tertiary/aromatic N) is 1. The zero-order chi connectivity index (χ0) is 13.9. The fraction of sp³-hybridized carbons (Fsp3) is 0.417. The highest BCUT2D eigenvalue weighted by Gasteiger charge is 2.28. The number of rotatable bonds is 3. The normalized spacial score (nSPS) is 14.7. The van der Waals surface area contributed by atoms with Gasteiger partial charge in [0.2, 0.25) is 0 Å². The molecule has 0 spiro atoms. The van der Waals surface area contributed by atoms with E-state index in [1.54, 1.807) is 20.8 Å². The van der Waals surface area contributed by atoms with E-state index in [9.17, 15) is 13.3 Å². The van der Waals surface area contributed by atoms with Gasteiger partial charge in [-0.3, -0.25) is 0 Å². The maximum atomic E-state index is 13.6. The summed E-state index contributed by atoms with van der Waals surface area (Å²) >= 11 is 1.56. The molecule has 6 heteroatoms. The molecule has 0 aliphatic rings. The second kappa shape index (κ2) is 6.12. The molecule has 1 aromatic rings. The third kappa shape index (κ3) is 4.03. The van der Waals surface area contributed by atoms with Crippen molar-refractivity contribution in [3.05, 3.63) is 34.1 Å². The van der Waals surface area contributed by atoms with E-state index in [-0.39, 0.29) is 11.3 Å². The van der Waals surface area contributed by atoms with Crippen LogP contribution in [0.4, 0.5) is 8.78 Å². The van der Waals surface area contributed by atoms with Gasteiger partial charge in [0, 0.05) is 10.0 Å². The van der Waals surface area contributed by atoms with Crippen molar-refractivity contribution in [3.63, 3.8) is 0 Å². The molecule has 1 atom stereocenters. The molecule has 0 aromatic heterocycles. The van der Waals surface area contributed by atoms with Crippen molar-refractivity contribution in [2.24, 2.45) is 4.40 Å². The summed E-state index contributed by atoms with van der Waals surface area (Å²) in [6, 6.07) is 4.15. The highest BCUT2D eigenvalue weighted by atomic mass is 79.9. The second-order valence-corrected chi connectivity index (χ2v) is 7.48. The molecule has 0 fully saturated rings. The van der Waals surface area contributed by atoms with Crippen molar-refractivity contribution < 1.29 is 13.3 Å². The molecule has 0 bridgehead atoms. The molecule has 2 nitrogen and oxygen atoms in total. The van der Waals surface area contributed by atoms with Crippen molar-refractivity contribution >= 4 is 33.0 Å². The third-order valence-corrected chi connectivity index (χ3v) is 4.01. The number of alkyl halides is 1. The molecule has 0 saturated heterocycles. The van der Waals surface area contributed by atoms with E-state index in [0.717, 1.165) is 0 Å². The number of hydrogen-bond donors (Lipinski definition) is 0. The Morgan fingerprint density at radius 1 is 1.44 bits per heavy atom. The minimum atomic E-state index is -1.62. The lowest BCUT2D eigenvalue weighted by Crippen LogP contribution is -2.27. The van der Waals surface area contributed by atoms with Crippen LogP contribution in [0.5, 0.6) is 0 Å². The Morgan fingerprint density at radius 3 is 2.56 bits per heavy atom. The third-order valence-electron chi connectivity index (χ3n) is 2.08. The minimum absolute atomic E-state index is 0.0319. The zero-order valence-electron chi connectivity index (χ0n) is 10.3. The maximum Gasteiger partial charge on any atom is 0.144 e. The maximum absolute atomic E-state index is 13.6. The van der Waals surface area contributed by atoms with E-state index in [1.165, 1.54) is 18.2 Å². The van der Waals surface area contributed by atoms with Crippen LogP contribution in [0.15, 0.2) is 27.1 Å². The molecule has 18 heavy (non-hydrogen) atoms. The van der Waals surface area contributed by atoms with Gasteiger partial charge in [-0.25, -0.2) is 8.78 Å². The summed E-state index contributed by atoms with van der Waals surface area (Å²) in [5.74, 6) is -0.583. The minimum Gasteiger partial charge on any atom is -0.591 e. The quantitative estimate of drug-likeness (QED) is 0.610. The van der Waals surface area contributed by atoms with Crippen LogP contribution in [0, 0.1) is 5.82 Å². The highest BCUT2D eigenvalue weighted by Crippen LogP contribution is 2.21. The lowest BCUT2D eigenvalue weighted by Gasteiger charge is -2.19. The summed E-state index contributed by atoms with van der Waals surface area (Å²) < 4.78 is 42.2. The van der Waals surface area contributed by atoms with Gasteiger partial charge in [0.05, 0.1) is 0 Å². The van der Waals surface area contributed by atoms with Crippen LogP contribution in [0.1, 0.15) is 26.3 Å². The first kappa shape index (κ1) is 15.6. The SMILES string of the molecule is CC(C)(C)[S+]([O-])/N=C(\CF)c1cc(Br)ccc1F. The van der Waals surface area contributed by atoms with Crippen molar-refractivity contribution in [3.8, 4) is 0 Å². The van der Waals surface area contributed by atoms with Gasteiger partial charge in [0.1, 0.15) is 34.3 Å². The van der Waals surface area contributed by atoms with Crippen LogP contribution < -0.4 is 0 Å². The molecule has 0 N–H and O–H groups in total. The first-order valence-corrected chi connectivity index (χ1v) is 7.16. The zero-order valence-corrected chi connectivity index (χ0v) is 12.7. The molecule has 100 valence electrons. The molecule has 0 amide bonds. The average Bonchev–Trinajstić information content (AvgIpc) is 2.28. The monoisotopic (exact) mass is 337 g/mol. The molecular weight excluding hydrogens is 324 g/mol. The van der Waals surface area contributed by atoms with Gasteiger partial charge in [-0.2, -0.15) is 0 Å². The summed E-state index contributed by atoms with van der Waals surface area (Å²) in [6.45, 7) is 4.20. The first-order chi connectivity index (χ1) is 8.25. The van der Waals surface area contributed by atoms with Crippen LogP contribution in [-0.4, -0.2) is 21.7 Å². The Kier molecular flexibility index (Phi) is 5.31. The van der Waals surface area contributed by atoms with Crippen LogP contribution in [0.2, 0.25) is 0 Å². The smallest absolute Gasteiger partial charge is 0.144 e. The second-order valence-electron chi connectivity index (χ2n) is 4.66. The van der Waals surface area contributed by atoms with Crippen molar-refractivity contribution in [2.45, 2.75) is 25.5 Å². The summed E-state index contributed by atoms with van der Waals surface area (Å²) in [5, 5.41) is 0. The lowest BCUT2D eigenvalue weighted by atomic mass is 10.1. The topological polar surface area (TPSA) is 35.4 Å². The lowest BCUT2D eigenvalue weighted by molar-refractivity contribution is 0.557. The number of benzene rings is 1. The van der Waals surface area contributed by atoms with Crippen molar-refractivity contribution in [1.29, 1.82) is 0 Å². The Bertz CT molecular complexity index is 460. The van der Waals surface area contributed by atoms with Crippen molar-refractivity contribution in [1.82, 2.24) is 0 Å². The fourth-order valence-corrected chi connectivity index (χ4v) is 2.08. The Hall–Kier alpha value is -0.460. The van der Waals surface area contributed by atoms with E-state index < -0.39 is 28.6 Å². The van der Waals surface area contributed by atoms with Crippen LogP contribution >= 0.6 is 15.9 Å². The summed E-state index contributed by atoms with van der Waals surface area (Å²) in [7, 11) is 0. The van der Waals surface area contributed by atoms with Crippen LogP contribution in [-0.2, 0) is 11.4 Å². The van der Waals surface area contributed by atoms with Gasteiger partial charge >= 0.3 is 0 Å². The molecule has 0 aliphatic carbocycles. The van der Waals surface area contributed by atoms with Gasteiger partial charge in [0.15, 0.2) is 0 Å². The molecule has 0 aliphatic heterocycles. The molecule has 0 saturated carbocycles. The number of hydrogen-bond acceptors (Lipinski definition) is 2. The highest BCUT2D eigenvalue weighted by molar-refractivity contribution is 9.10. The molecule has 1 unspecified atom stereocenters. The molecular formula is C12H14BrF2NOS. The summed E-state index contributed by atoms with van der Waals surface area (Å²) in [5.41, 5.74) is -0.105. The number of halogens is 3. The van der Waals surface area contributed by atoms with Gasteiger partial charge in [0.25, 0.3) is 0 Å². The van der Waals surface area contributed by atoms with Crippen LogP contribution in [0.25, 0.3) is 0 Å². The van der Waals surface area contributed by atoms with Gasteiger partial charge in [-0.1, -0.05) is 20.3 Å². The predicted octanol–water partition coefficient (Wildman–Crippen LogP) is 3.81. The molecule has 1 rings (SSSR count). The first-order valence-electron chi connectivity index (χ1n) is 5.26. The molecule has 0 heterocycles. The molecule has 1 aromatic carbocycles. The van der Waals surface area contributed by atoms with Crippen molar-refractivity contribution in [2.75, 3.05) is 6.67 Å². The van der Waals surface area contributed by atoms with Crippen LogP contribution in [0.3, 0.4) is 0 Å². The summed E-state index contributed by atoms with van der Waals surface area (Å²) in [6.07, 6.45) is 0. The van der Waals surface area contributed by atoms with Gasteiger partial charge in [-0.05, 0) is 39.0 Å².